The molecular formula is C24H31ClN2O4. The van der Waals surface area contributed by atoms with E-state index in [4.69, 9.17) is 18.6 Å². The molecule has 0 amide bonds. The molecule has 31 heavy (non-hydrogen) atoms. The smallest absolute Gasteiger partial charge is 0.209 e. The molecule has 2 aromatic carbocycles. The predicted octanol–water partition coefficient (Wildman–Crippen LogP) is 0.886. The fourth-order valence-corrected chi connectivity index (χ4v) is 4.04. The van der Waals surface area contributed by atoms with Crippen LogP contribution in [0.4, 0.5) is 11.4 Å². The number of anilines is 1. The highest BCUT2D eigenvalue weighted by Crippen LogP contribution is 2.39. The number of fused-ring (bicyclic) bond motifs is 1. The van der Waals surface area contributed by atoms with Crippen molar-refractivity contribution in [1.29, 1.82) is 0 Å². The molecule has 0 spiro atoms. The van der Waals surface area contributed by atoms with Gasteiger partial charge in [0, 0.05) is 36.5 Å². The molecule has 0 fully saturated rings. The van der Waals surface area contributed by atoms with Crippen molar-refractivity contribution in [3.8, 4) is 0 Å². The summed E-state index contributed by atoms with van der Waals surface area (Å²) in [7, 11) is -4.94. The van der Waals surface area contributed by atoms with Crippen LogP contribution in [0.25, 0.3) is 6.08 Å². The topological polar surface area (TPSA) is 98.5 Å². The van der Waals surface area contributed by atoms with Crippen LogP contribution in [0.3, 0.4) is 0 Å². The minimum absolute atomic E-state index is 0.0320. The van der Waals surface area contributed by atoms with Crippen LogP contribution in [0.15, 0.2) is 54.6 Å². The second kappa shape index (κ2) is 10.4. The minimum atomic E-state index is -4.94. The Hall–Kier alpha value is -2.22. The van der Waals surface area contributed by atoms with Gasteiger partial charge in [0.15, 0.2) is 5.71 Å². The summed E-state index contributed by atoms with van der Waals surface area (Å²) in [6.07, 6.45) is 4.55. The molecule has 1 heterocycles. The molecular weight excluding hydrogens is 416 g/mol. The normalized spacial score (nSPS) is 15.0. The molecule has 0 saturated heterocycles. The van der Waals surface area contributed by atoms with Crippen LogP contribution in [0, 0.1) is 10.2 Å². The van der Waals surface area contributed by atoms with Gasteiger partial charge in [-0.25, -0.2) is 18.6 Å². The molecule has 0 bridgehead atoms. The molecule has 168 valence electrons. The van der Waals surface area contributed by atoms with Gasteiger partial charge in [-0.05, 0) is 58.4 Å². The lowest BCUT2D eigenvalue weighted by atomic mass is 9.81. The Kier molecular flexibility index (Phi) is 8.40. The first-order chi connectivity index (χ1) is 14.5. The predicted molar refractivity (Wildman–Crippen MR) is 114 cm³/mol. The van der Waals surface area contributed by atoms with Crippen molar-refractivity contribution in [1.82, 2.24) is 0 Å². The molecule has 3 rings (SSSR count). The van der Waals surface area contributed by atoms with Gasteiger partial charge in [0.05, 0.1) is 5.41 Å². The third-order valence-corrected chi connectivity index (χ3v) is 5.57. The van der Waals surface area contributed by atoms with Gasteiger partial charge in [0.2, 0.25) is 5.69 Å². The van der Waals surface area contributed by atoms with Crippen molar-refractivity contribution in [2.45, 2.75) is 40.0 Å². The SMILES string of the molecule is CCN(CC)c1ccc(C=CC2=[N+](CC)c3ccccc3C2(C)C)cc1.[O-][Cl+3]([O-])([O-])[O-]. The quantitative estimate of drug-likeness (QED) is 0.613. The van der Waals surface area contributed by atoms with Crippen molar-refractivity contribution in [2.24, 2.45) is 0 Å². The van der Waals surface area contributed by atoms with Gasteiger partial charge in [0.25, 0.3) is 0 Å². The second-order valence-electron chi connectivity index (χ2n) is 7.75. The van der Waals surface area contributed by atoms with E-state index >= 15 is 0 Å². The number of rotatable bonds is 6. The first kappa shape index (κ1) is 25.0. The molecule has 0 aliphatic carbocycles. The van der Waals surface area contributed by atoms with Gasteiger partial charge >= 0.3 is 0 Å². The van der Waals surface area contributed by atoms with E-state index in [9.17, 15) is 0 Å². The number of hydrogen-bond acceptors (Lipinski definition) is 5. The minimum Gasteiger partial charge on any atom is -0.372 e. The lowest BCUT2D eigenvalue weighted by Gasteiger charge is -2.20. The Labute approximate surface area is 187 Å². The average molecular weight is 447 g/mol. The van der Waals surface area contributed by atoms with Crippen molar-refractivity contribution in [3.05, 3.63) is 65.7 Å². The maximum absolute atomic E-state index is 8.49. The van der Waals surface area contributed by atoms with E-state index in [-0.39, 0.29) is 5.41 Å². The molecule has 1 aliphatic heterocycles. The lowest BCUT2D eigenvalue weighted by Crippen LogP contribution is -2.68. The zero-order chi connectivity index (χ0) is 23.2. The molecule has 6 nitrogen and oxygen atoms in total. The van der Waals surface area contributed by atoms with E-state index in [2.05, 4.69) is 105 Å². The highest BCUT2D eigenvalue weighted by molar-refractivity contribution is 6.05. The molecule has 1 aliphatic rings. The zero-order valence-electron chi connectivity index (χ0n) is 18.8. The van der Waals surface area contributed by atoms with Crippen molar-refractivity contribution >= 4 is 23.2 Å². The van der Waals surface area contributed by atoms with Gasteiger partial charge in [-0.2, -0.15) is 4.58 Å². The van der Waals surface area contributed by atoms with Crippen LogP contribution < -0.4 is 23.5 Å². The molecule has 0 atom stereocenters. The zero-order valence-corrected chi connectivity index (χ0v) is 19.6. The first-order valence-corrected chi connectivity index (χ1v) is 11.7. The molecule has 7 heteroatoms. The molecule has 2 aromatic rings. The van der Waals surface area contributed by atoms with Gasteiger partial charge in [-0.15, -0.1) is 10.2 Å². The average Bonchev–Trinajstić information content (AvgIpc) is 2.93. The number of halogens is 1. The Morgan fingerprint density at radius 1 is 0.871 bits per heavy atom. The number of hydrogen-bond donors (Lipinski definition) is 0. The molecule has 0 saturated carbocycles. The highest BCUT2D eigenvalue weighted by atomic mass is 35.7. The summed E-state index contributed by atoms with van der Waals surface area (Å²) in [6, 6.07) is 17.7. The van der Waals surface area contributed by atoms with Crippen molar-refractivity contribution in [2.75, 3.05) is 24.5 Å². The third-order valence-electron chi connectivity index (χ3n) is 5.57. The van der Waals surface area contributed by atoms with Crippen LogP contribution in [-0.4, -0.2) is 29.9 Å². The van der Waals surface area contributed by atoms with Crippen LogP contribution in [0.2, 0.25) is 0 Å². The summed E-state index contributed by atoms with van der Waals surface area (Å²) >= 11 is 0. The standard InChI is InChI=1S/C24H31N2.ClHO4/c1-6-25(7-2)20-16-13-19(14-17-20)15-18-23-24(4,5)21-11-9-10-12-22(21)26(23)8-3;2-1(3,4)5/h9-18H,6-8H2,1-5H3;(H,2,3,4,5)/q+1;/p-1. The molecule has 0 N–H and O–H groups in total. The van der Waals surface area contributed by atoms with Crippen LogP contribution in [0.5, 0.6) is 0 Å². The van der Waals surface area contributed by atoms with Gasteiger partial charge in [-0.1, -0.05) is 30.3 Å². The maximum atomic E-state index is 8.49. The van der Waals surface area contributed by atoms with E-state index < -0.39 is 10.2 Å². The summed E-state index contributed by atoms with van der Waals surface area (Å²) in [6.45, 7) is 14.4. The number of nitrogens with zero attached hydrogens (tertiary/aromatic N) is 2. The van der Waals surface area contributed by atoms with E-state index in [0.717, 1.165) is 19.6 Å². The lowest BCUT2D eigenvalue weighted by molar-refractivity contribution is -2.00. The van der Waals surface area contributed by atoms with Crippen LogP contribution in [0.1, 0.15) is 45.7 Å². The van der Waals surface area contributed by atoms with Gasteiger partial charge in [-0.3, -0.25) is 0 Å². The Morgan fingerprint density at radius 3 is 1.94 bits per heavy atom. The Bertz CT molecular complexity index is 921. The van der Waals surface area contributed by atoms with E-state index in [1.807, 2.05) is 0 Å². The third kappa shape index (κ3) is 6.38. The fourth-order valence-electron chi connectivity index (χ4n) is 4.04. The second-order valence-corrected chi connectivity index (χ2v) is 8.50. The van der Waals surface area contributed by atoms with Crippen LogP contribution >= 0.6 is 0 Å². The van der Waals surface area contributed by atoms with Gasteiger partial charge < -0.3 is 4.90 Å². The molecule has 0 aromatic heterocycles. The van der Waals surface area contributed by atoms with Crippen molar-refractivity contribution < 1.29 is 33.5 Å². The number of benzene rings is 2. The monoisotopic (exact) mass is 446 g/mol. The number of para-hydroxylation sites is 1. The first-order valence-electron chi connectivity index (χ1n) is 10.4. The fraction of sp³-hybridized carbons (Fsp3) is 0.375. The molecule has 0 radical (unpaired) electrons. The summed E-state index contributed by atoms with van der Waals surface area (Å²) in [4.78, 5) is 2.37. The highest BCUT2D eigenvalue weighted by Gasteiger charge is 2.43. The summed E-state index contributed by atoms with van der Waals surface area (Å²) in [5.41, 5.74) is 6.70. The number of allylic oxidation sites excluding steroid dienone is 1. The summed E-state index contributed by atoms with van der Waals surface area (Å²) < 4.78 is 36.4. The van der Waals surface area contributed by atoms with E-state index in [1.165, 1.54) is 28.2 Å². The van der Waals surface area contributed by atoms with Gasteiger partial charge in [0.1, 0.15) is 6.54 Å². The largest absolute Gasteiger partial charge is 0.372 e. The Morgan fingerprint density at radius 2 is 1.42 bits per heavy atom. The van der Waals surface area contributed by atoms with Crippen LogP contribution in [-0.2, 0) is 5.41 Å². The Balaban J connectivity index is 0.000000614. The maximum Gasteiger partial charge on any atom is 0.209 e. The summed E-state index contributed by atoms with van der Waals surface area (Å²) in [5.74, 6) is 0. The summed E-state index contributed by atoms with van der Waals surface area (Å²) in [5, 5.41) is 0. The van der Waals surface area contributed by atoms with E-state index in [0.29, 0.717) is 0 Å². The van der Waals surface area contributed by atoms with E-state index in [1.54, 1.807) is 0 Å². The van der Waals surface area contributed by atoms with Crippen molar-refractivity contribution in [3.63, 3.8) is 0 Å². The molecule has 0 unspecified atom stereocenters.